The highest BCUT2D eigenvalue weighted by molar-refractivity contribution is 6.06. The number of aromatic nitrogens is 2. The molecule has 2 N–H and O–H groups in total. The van der Waals surface area contributed by atoms with E-state index in [1.54, 1.807) is 11.6 Å². The predicted octanol–water partition coefficient (Wildman–Crippen LogP) is 2.16. The molecule has 2 aliphatic heterocycles. The van der Waals surface area contributed by atoms with Gasteiger partial charge in [-0.25, -0.2) is 9.98 Å². The molecule has 2 unspecified atom stereocenters. The van der Waals surface area contributed by atoms with Gasteiger partial charge in [-0.15, -0.1) is 0 Å². The normalized spacial score (nSPS) is 25.0. The highest BCUT2D eigenvalue weighted by Crippen LogP contribution is 2.37. The molecule has 1 amide bonds. The van der Waals surface area contributed by atoms with E-state index in [0.717, 1.165) is 11.3 Å². The number of nitrogens with zero attached hydrogens (tertiary/aromatic N) is 3. The van der Waals surface area contributed by atoms with Crippen LogP contribution in [0.1, 0.15) is 45.7 Å². The maximum atomic E-state index is 12.9. The number of carbonyl (C=O) groups is 1. The van der Waals surface area contributed by atoms with Crippen molar-refractivity contribution < 1.29 is 4.79 Å². The summed E-state index contributed by atoms with van der Waals surface area (Å²) in [7, 11) is 1.73. The molecular formula is C20H25N5O2. The number of nitrogens with one attached hydrogen (secondary N) is 2. The highest BCUT2D eigenvalue weighted by Gasteiger charge is 2.44. The van der Waals surface area contributed by atoms with Crippen LogP contribution >= 0.6 is 0 Å². The van der Waals surface area contributed by atoms with Crippen molar-refractivity contribution in [3.8, 4) is 0 Å². The van der Waals surface area contributed by atoms with Crippen LogP contribution < -0.4 is 16.2 Å². The minimum absolute atomic E-state index is 0.0172. The Morgan fingerprint density at radius 1 is 1.26 bits per heavy atom. The Morgan fingerprint density at radius 2 is 2.00 bits per heavy atom. The van der Waals surface area contributed by atoms with E-state index in [2.05, 4.69) is 15.6 Å². The zero-order valence-corrected chi connectivity index (χ0v) is 16.3. The van der Waals surface area contributed by atoms with E-state index in [-0.39, 0.29) is 35.0 Å². The van der Waals surface area contributed by atoms with Gasteiger partial charge in [0.1, 0.15) is 0 Å². The fraction of sp³-hybridized carbons (Fsp3) is 0.500. The van der Waals surface area contributed by atoms with Crippen LogP contribution in [0.2, 0.25) is 0 Å². The van der Waals surface area contributed by atoms with Gasteiger partial charge in [-0.1, -0.05) is 12.1 Å². The first kappa shape index (κ1) is 17.9. The van der Waals surface area contributed by atoms with Gasteiger partial charge in [0.05, 0.1) is 22.9 Å². The van der Waals surface area contributed by atoms with Crippen LogP contribution in [0.3, 0.4) is 0 Å². The monoisotopic (exact) mass is 367 g/mol. The summed E-state index contributed by atoms with van der Waals surface area (Å²) in [4.78, 5) is 33.9. The number of aliphatic imine (C=N–C) groups is 1. The second-order valence-corrected chi connectivity index (χ2v) is 8.55. The largest absolute Gasteiger partial charge is 0.351 e. The van der Waals surface area contributed by atoms with Gasteiger partial charge in [0.25, 0.3) is 11.5 Å². The summed E-state index contributed by atoms with van der Waals surface area (Å²) >= 11 is 0. The fourth-order valence-electron chi connectivity index (χ4n) is 4.03. The molecule has 0 aliphatic carbocycles. The van der Waals surface area contributed by atoms with Gasteiger partial charge in [0.15, 0.2) is 0 Å². The third-order valence-electron chi connectivity index (χ3n) is 5.33. The van der Waals surface area contributed by atoms with E-state index < -0.39 is 0 Å². The lowest BCUT2D eigenvalue weighted by Gasteiger charge is -2.23. The average Bonchev–Trinajstić information content (AvgIpc) is 3.13. The number of fused-ring (bicyclic) bond motifs is 2. The lowest BCUT2D eigenvalue weighted by atomic mass is 9.95. The van der Waals surface area contributed by atoms with Crippen LogP contribution in [0.25, 0.3) is 10.9 Å². The first-order valence-electron chi connectivity index (χ1n) is 9.28. The standard InChI is InChI=1S/C20H25N5O2/c1-10-15-13(17(26)21-10)9-14(22-15)11-7-6-8-12-16(11)23-19(24-20(2,3)4)25(5)18(12)27/h6-8,13-15,22H,9H2,1-5H3,(H,23,24)/t13?,14?,15-/m1/s1. The van der Waals surface area contributed by atoms with Crippen molar-refractivity contribution in [3.63, 3.8) is 0 Å². The molecule has 2 aliphatic rings. The van der Waals surface area contributed by atoms with Crippen LogP contribution in [0.15, 0.2) is 28.0 Å². The van der Waals surface area contributed by atoms with Crippen LogP contribution in [0, 0.1) is 5.92 Å². The maximum Gasteiger partial charge on any atom is 0.262 e. The van der Waals surface area contributed by atoms with E-state index in [1.165, 1.54) is 0 Å². The van der Waals surface area contributed by atoms with Gasteiger partial charge in [-0.05, 0) is 45.7 Å². The zero-order chi connectivity index (χ0) is 19.5. The van der Waals surface area contributed by atoms with Gasteiger partial charge < -0.3 is 10.6 Å². The molecule has 3 atom stereocenters. The topological polar surface area (TPSA) is 88.4 Å². The van der Waals surface area contributed by atoms with Crippen LogP contribution in [-0.2, 0) is 11.8 Å². The SMILES string of the molecule is CC1=NC(=O)C2CC(c3cccc4c(=O)n(C)c(NC(C)(C)C)nc34)N[C@H]12. The number of hydrogen-bond acceptors (Lipinski definition) is 5. The molecule has 0 bridgehead atoms. The molecule has 7 nitrogen and oxygen atoms in total. The summed E-state index contributed by atoms with van der Waals surface area (Å²) in [5.74, 6) is 0.370. The lowest BCUT2D eigenvalue weighted by Crippen LogP contribution is -2.33. The smallest absolute Gasteiger partial charge is 0.262 e. The van der Waals surface area contributed by atoms with Crippen molar-refractivity contribution in [2.75, 3.05) is 5.32 Å². The molecule has 1 aromatic heterocycles. The Morgan fingerprint density at radius 3 is 2.67 bits per heavy atom. The first-order chi connectivity index (χ1) is 12.7. The molecule has 1 aromatic carbocycles. The minimum atomic E-state index is -0.220. The van der Waals surface area contributed by atoms with Crippen molar-refractivity contribution in [2.24, 2.45) is 18.0 Å². The van der Waals surface area contributed by atoms with Gasteiger partial charge in [-0.3, -0.25) is 14.2 Å². The Labute approximate surface area is 157 Å². The second-order valence-electron chi connectivity index (χ2n) is 8.55. The number of amides is 1. The fourth-order valence-corrected chi connectivity index (χ4v) is 4.03. The minimum Gasteiger partial charge on any atom is -0.351 e. The van der Waals surface area contributed by atoms with Gasteiger partial charge >= 0.3 is 0 Å². The molecule has 7 heteroatoms. The third-order valence-corrected chi connectivity index (χ3v) is 5.33. The molecule has 1 saturated heterocycles. The zero-order valence-electron chi connectivity index (χ0n) is 16.3. The number of benzene rings is 1. The van der Waals surface area contributed by atoms with E-state index in [4.69, 9.17) is 4.98 Å². The molecular weight excluding hydrogens is 342 g/mol. The van der Waals surface area contributed by atoms with Crippen molar-refractivity contribution in [1.29, 1.82) is 0 Å². The number of para-hydroxylation sites is 1. The van der Waals surface area contributed by atoms with Crippen LogP contribution in [0.5, 0.6) is 0 Å². The Balaban J connectivity index is 1.82. The molecule has 1 fully saturated rings. The van der Waals surface area contributed by atoms with Crippen molar-refractivity contribution >= 4 is 28.5 Å². The van der Waals surface area contributed by atoms with Gasteiger partial charge in [0.2, 0.25) is 5.95 Å². The Kier molecular flexibility index (Phi) is 3.96. The summed E-state index contributed by atoms with van der Waals surface area (Å²) in [5.41, 5.74) is 2.18. The number of rotatable bonds is 2. The lowest BCUT2D eigenvalue weighted by molar-refractivity contribution is -0.120. The van der Waals surface area contributed by atoms with E-state index in [0.29, 0.717) is 23.3 Å². The van der Waals surface area contributed by atoms with E-state index >= 15 is 0 Å². The van der Waals surface area contributed by atoms with Crippen molar-refractivity contribution in [2.45, 2.75) is 51.7 Å². The Bertz CT molecular complexity index is 1030. The van der Waals surface area contributed by atoms with E-state index in [1.807, 2.05) is 45.9 Å². The highest BCUT2D eigenvalue weighted by atomic mass is 16.1. The van der Waals surface area contributed by atoms with Crippen molar-refractivity contribution in [3.05, 3.63) is 34.1 Å². The number of hydrogen-bond donors (Lipinski definition) is 2. The maximum absolute atomic E-state index is 12.9. The first-order valence-corrected chi connectivity index (χ1v) is 9.28. The number of carbonyl (C=O) groups excluding carboxylic acids is 1. The Hall–Kier alpha value is -2.54. The molecule has 0 saturated carbocycles. The molecule has 27 heavy (non-hydrogen) atoms. The summed E-state index contributed by atoms with van der Waals surface area (Å²) in [6.07, 6.45) is 0.669. The van der Waals surface area contributed by atoms with Crippen LogP contribution in [-0.4, -0.2) is 32.8 Å². The van der Waals surface area contributed by atoms with Crippen LogP contribution in [0.4, 0.5) is 5.95 Å². The summed E-state index contributed by atoms with van der Waals surface area (Å²) in [6, 6.07) is 5.64. The summed E-state index contributed by atoms with van der Waals surface area (Å²) < 4.78 is 1.55. The number of anilines is 1. The molecule has 0 spiro atoms. The molecule has 3 heterocycles. The van der Waals surface area contributed by atoms with Gasteiger partial charge in [-0.2, -0.15) is 0 Å². The quantitative estimate of drug-likeness (QED) is 0.849. The molecule has 4 rings (SSSR count). The second kappa shape index (κ2) is 5.99. The molecule has 2 aromatic rings. The molecule has 0 radical (unpaired) electrons. The molecule has 142 valence electrons. The van der Waals surface area contributed by atoms with Gasteiger partial charge in [0, 0.05) is 24.3 Å². The predicted molar refractivity (Wildman–Crippen MR) is 106 cm³/mol. The summed E-state index contributed by atoms with van der Waals surface area (Å²) in [6.45, 7) is 7.98. The summed E-state index contributed by atoms with van der Waals surface area (Å²) in [5, 5.41) is 7.42. The van der Waals surface area contributed by atoms with E-state index in [9.17, 15) is 9.59 Å². The third kappa shape index (κ3) is 2.96. The van der Waals surface area contributed by atoms with Crippen molar-refractivity contribution in [1.82, 2.24) is 14.9 Å². The average molecular weight is 367 g/mol.